The molecule has 1 heterocycles. The van der Waals surface area contributed by atoms with Crippen molar-refractivity contribution in [1.29, 1.82) is 0 Å². The van der Waals surface area contributed by atoms with Crippen molar-refractivity contribution in [3.05, 3.63) is 42.2 Å². The summed E-state index contributed by atoms with van der Waals surface area (Å²) in [5.41, 5.74) is 1.11. The number of benzene rings is 1. The molecule has 0 radical (unpaired) electrons. The largest absolute Gasteiger partial charge is 0.491 e. The van der Waals surface area contributed by atoms with E-state index >= 15 is 0 Å². The number of sulfonamides is 1. The molecule has 1 aromatic heterocycles. The maximum Gasteiger partial charge on any atom is 0.243 e. The van der Waals surface area contributed by atoms with Crippen LogP contribution in [-0.2, 0) is 16.6 Å². The number of hydrogen-bond acceptors (Lipinski definition) is 5. The van der Waals surface area contributed by atoms with Crippen molar-refractivity contribution in [3.8, 4) is 5.75 Å². The predicted molar refractivity (Wildman–Crippen MR) is 85.8 cm³/mol. The van der Waals surface area contributed by atoms with Crippen molar-refractivity contribution in [3.63, 3.8) is 0 Å². The smallest absolute Gasteiger partial charge is 0.243 e. The Morgan fingerprint density at radius 1 is 1.35 bits per heavy atom. The number of aliphatic hydroxyl groups is 1. The highest BCUT2D eigenvalue weighted by molar-refractivity contribution is 7.89. The Morgan fingerprint density at radius 3 is 2.65 bits per heavy atom. The maximum absolute atomic E-state index is 12.1. The zero-order chi connectivity index (χ0) is 16.9. The van der Waals surface area contributed by atoms with E-state index in [4.69, 9.17) is 4.74 Å². The molecule has 0 aliphatic heterocycles. The van der Waals surface area contributed by atoms with Gasteiger partial charge in [0.1, 0.15) is 23.4 Å². The third-order valence-electron chi connectivity index (χ3n) is 3.22. The molecule has 2 rings (SSSR count). The molecule has 2 aromatic rings. The number of aliphatic hydroxyl groups excluding tert-OH is 1. The first-order valence-electron chi connectivity index (χ1n) is 7.30. The van der Waals surface area contributed by atoms with Crippen molar-refractivity contribution < 1.29 is 18.3 Å². The third kappa shape index (κ3) is 5.05. The second-order valence-corrected chi connectivity index (χ2v) is 6.93. The highest BCUT2D eigenvalue weighted by Crippen LogP contribution is 2.12. The number of aryl methyl sites for hydroxylation is 2. The Labute approximate surface area is 136 Å². The van der Waals surface area contributed by atoms with Crippen LogP contribution in [-0.4, -0.2) is 42.6 Å². The van der Waals surface area contributed by atoms with E-state index in [1.807, 2.05) is 26.0 Å². The summed E-state index contributed by atoms with van der Waals surface area (Å²) in [6.07, 6.45) is 1.77. The average Bonchev–Trinajstić information content (AvgIpc) is 3.02. The molecule has 0 bridgehead atoms. The van der Waals surface area contributed by atoms with Crippen LogP contribution < -0.4 is 9.46 Å². The summed E-state index contributed by atoms with van der Waals surface area (Å²) >= 11 is 0. The Kier molecular flexibility index (Phi) is 5.75. The van der Waals surface area contributed by atoms with E-state index < -0.39 is 16.1 Å². The fraction of sp³-hybridized carbons (Fsp3) is 0.400. The van der Waals surface area contributed by atoms with Crippen molar-refractivity contribution in [2.24, 2.45) is 0 Å². The van der Waals surface area contributed by atoms with Gasteiger partial charge in [0, 0.05) is 19.3 Å². The van der Waals surface area contributed by atoms with Gasteiger partial charge in [-0.3, -0.25) is 4.68 Å². The van der Waals surface area contributed by atoms with Gasteiger partial charge < -0.3 is 9.84 Å². The molecule has 126 valence electrons. The van der Waals surface area contributed by atoms with Crippen LogP contribution >= 0.6 is 0 Å². The highest BCUT2D eigenvalue weighted by Gasteiger charge is 2.18. The molecule has 7 nitrogen and oxygen atoms in total. The van der Waals surface area contributed by atoms with Gasteiger partial charge in [-0.25, -0.2) is 13.1 Å². The van der Waals surface area contributed by atoms with E-state index in [0.717, 1.165) is 5.56 Å². The van der Waals surface area contributed by atoms with E-state index in [1.165, 1.54) is 17.1 Å². The van der Waals surface area contributed by atoms with Crippen molar-refractivity contribution >= 4 is 10.0 Å². The van der Waals surface area contributed by atoms with Gasteiger partial charge in [0.2, 0.25) is 10.0 Å². The minimum Gasteiger partial charge on any atom is -0.491 e. The van der Waals surface area contributed by atoms with Crippen LogP contribution in [0.5, 0.6) is 5.75 Å². The van der Waals surface area contributed by atoms with Gasteiger partial charge in [-0.15, -0.1) is 0 Å². The molecule has 0 saturated heterocycles. The third-order valence-corrected chi connectivity index (χ3v) is 4.59. The Hall–Kier alpha value is -1.90. The molecule has 1 aromatic carbocycles. The molecule has 0 unspecified atom stereocenters. The number of ether oxygens (including phenoxy) is 1. The average molecular weight is 339 g/mol. The summed E-state index contributed by atoms with van der Waals surface area (Å²) in [4.78, 5) is 0.0750. The summed E-state index contributed by atoms with van der Waals surface area (Å²) in [5.74, 6) is 0.627. The van der Waals surface area contributed by atoms with Crippen LogP contribution in [0.2, 0.25) is 0 Å². The molecule has 23 heavy (non-hydrogen) atoms. The summed E-state index contributed by atoms with van der Waals surface area (Å²) in [7, 11) is -3.68. The van der Waals surface area contributed by atoms with E-state index in [9.17, 15) is 13.5 Å². The van der Waals surface area contributed by atoms with Gasteiger partial charge in [0.25, 0.3) is 0 Å². The molecule has 0 saturated carbocycles. The number of nitrogens with one attached hydrogen (secondary N) is 1. The first-order valence-corrected chi connectivity index (χ1v) is 8.78. The lowest BCUT2D eigenvalue weighted by Gasteiger charge is -2.13. The number of nitrogens with zero attached hydrogens (tertiary/aromatic N) is 2. The van der Waals surface area contributed by atoms with Gasteiger partial charge >= 0.3 is 0 Å². The molecule has 1 atom stereocenters. The molecule has 0 amide bonds. The topological polar surface area (TPSA) is 93.5 Å². The monoisotopic (exact) mass is 339 g/mol. The zero-order valence-electron chi connectivity index (χ0n) is 13.1. The van der Waals surface area contributed by atoms with Gasteiger partial charge in [0.15, 0.2) is 0 Å². The van der Waals surface area contributed by atoms with Crippen molar-refractivity contribution in [2.75, 3.05) is 13.2 Å². The molecule has 0 aliphatic rings. The second-order valence-electron chi connectivity index (χ2n) is 5.16. The number of rotatable bonds is 8. The standard InChI is InChI=1S/C15H21N3O4S/c1-3-18-10-15(9-16-18)23(20,21)17-8-13(19)11-22-14-6-4-12(2)5-7-14/h4-7,9-10,13,17,19H,3,8,11H2,1-2H3/t13-/m0/s1. The SMILES string of the molecule is CCn1cc(S(=O)(=O)NC[C@H](O)COc2ccc(C)cc2)cn1. The molecule has 0 fully saturated rings. The Balaban J connectivity index is 1.83. The summed E-state index contributed by atoms with van der Waals surface area (Å²) in [6.45, 7) is 4.28. The lowest BCUT2D eigenvalue weighted by molar-refractivity contribution is 0.111. The van der Waals surface area contributed by atoms with E-state index in [2.05, 4.69) is 9.82 Å². The molecule has 0 aliphatic carbocycles. The lowest BCUT2D eigenvalue weighted by Crippen LogP contribution is -2.35. The molecular weight excluding hydrogens is 318 g/mol. The Morgan fingerprint density at radius 2 is 2.04 bits per heavy atom. The van der Waals surface area contributed by atoms with Crippen LogP contribution in [0.1, 0.15) is 12.5 Å². The predicted octanol–water partition coefficient (Wildman–Crippen LogP) is 0.930. The molecule has 8 heteroatoms. The van der Waals surface area contributed by atoms with Crippen molar-refractivity contribution in [2.45, 2.75) is 31.4 Å². The van der Waals surface area contributed by atoms with Gasteiger partial charge in [0.05, 0.1) is 6.20 Å². The summed E-state index contributed by atoms with van der Waals surface area (Å²) in [5, 5.41) is 13.8. The zero-order valence-corrected chi connectivity index (χ0v) is 14.0. The maximum atomic E-state index is 12.1. The minimum atomic E-state index is -3.68. The van der Waals surface area contributed by atoms with Gasteiger partial charge in [-0.05, 0) is 26.0 Å². The quantitative estimate of drug-likeness (QED) is 0.746. The Bertz CT molecular complexity index is 725. The van der Waals surface area contributed by atoms with Crippen LogP contribution in [0.15, 0.2) is 41.6 Å². The van der Waals surface area contributed by atoms with E-state index in [1.54, 1.807) is 12.1 Å². The molecular formula is C15H21N3O4S. The highest BCUT2D eigenvalue weighted by atomic mass is 32.2. The summed E-state index contributed by atoms with van der Waals surface area (Å²) < 4.78 is 33.4. The molecule has 2 N–H and O–H groups in total. The second kappa shape index (κ2) is 7.58. The number of aromatic nitrogens is 2. The van der Waals surface area contributed by atoms with Crippen LogP contribution in [0.3, 0.4) is 0 Å². The normalized spacial score (nSPS) is 13.0. The van der Waals surface area contributed by atoms with E-state index in [0.29, 0.717) is 12.3 Å². The van der Waals surface area contributed by atoms with Crippen LogP contribution in [0.4, 0.5) is 0 Å². The molecule has 0 spiro atoms. The van der Waals surface area contributed by atoms with Gasteiger partial charge in [-0.2, -0.15) is 5.10 Å². The number of hydrogen-bond donors (Lipinski definition) is 2. The fourth-order valence-corrected chi connectivity index (χ4v) is 2.86. The minimum absolute atomic E-state index is 0.000196. The first-order chi connectivity index (χ1) is 10.9. The van der Waals surface area contributed by atoms with Crippen molar-refractivity contribution in [1.82, 2.24) is 14.5 Å². The fourth-order valence-electron chi connectivity index (χ4n) is 1.83. The van der Waals surface area contributed by atoms with E-state index in [-0.39, 0.29) is 18.0 Å². The lowest BCUT2D eigenvalue weighted by atomic mass is 10.2. The summed E-state index contributed by atoms with van der Waals surface area (Å²) in [6, 6.07) is 7.39. The van der Waals surface area contributed by atoms with Gasteiger partial charge in [-0.1, -0.05) is 17.7 Å². The van der Waals surface area contributed by atoms with Crippen LogP contribution in [0.25, 0.3) is 0 Å². The first kappa shape index (κ1) is 17.5. The van der Waals surface area contributed by atoms with Crippen LogP contribution in [0, 0.1) is 6.92 Å².